The maximum absolute atomic E-state index is 14.1. The average Bonchev–Trinajstić information content (AvgIpc) is 2.97. The van der Waals surface area contributed by atoms with Crippen molar-refractivity contribution in [2.45, 2.75) is 25.9 Å². The van der Waals surface area contributed by atoms with Crippen LogP contribution < -0.4 is 0 Å². The molecule has 24 heavy (non-hydrogen) atoms. The summed E-state index contributed by atoms with van der Waals surface area (Å²) in [7, 11) is 0. The summed E-state index contributed by atoms with van der Waals surface area (Å²) in [6, 6.07) is 3.30. The van der Waals surface area contributed by atoms with E-state index in [2.05, 4.69) is 14.7 Å². The molecule has 0 bridgehead atoms. The Kier molecular flexibility index (Phi) is 5.33. The van der Waals surface area contributed by atoms with E-state index in [1.807, 2.05) is 0 Å². The zero-order valence-corrected chi connectivity index (χ0v) is 12.6. The van der Waals surface area contributed by atoms with Crippen molar-refractivity contribution in [1.29, 1.82) is 0 Å². The van der Waals surface area contributed by atoms with Crippen LogP contribution in [0.15, 0.2) is 22.7 Å². The van der Waals surface area contributed by atoms with Crippen molar-refractivity contribution in [3.8, 4) is 11.4 Å². The Bertz CT molecular complexity index is 728. The molecule has 1 heterocycles. The molecule has 0 amide bonds. The Hall–Kier alpha value is -2.29. The number of hydrogen-bond donors (Lipinski definition) is 1. The third-order valence-corrected chi connectivity index (χ3v) is 3.35. The largest absolute Gasteiger partial charge is 0.471 e. The van der Waals surface area contributed by atoms with Gasteiger partial charge in [0.1, 0.15) is 5.82 Å². The maximum atomic E-state index is 14.1. The zero-order chi connectivity index (χ0) is 17.9. The van der Waals surface area contributed by atoms with Crippen LogP contribution in [0, 0.1) is 11.7 Å². The predicted molar refractivity (Wildman–Crippen MR) is 74.5 cm³/mol. The van der Waals surface area contributed by atoms with Gasteiger partial charge in [0.25, 0.3) is 0 Å². The fraction of sp³-hybridized carbons (Fsp3) is 0.400. The van der Waals surface area contributed by atoms with E-state index in [-0.39, 0.29) is 30.1 Å². The number of ketones is 1. The summed E-state index contributed by atoms with van der Waals surface area (Å²) in [5.74, 6) is -3.41. The molecule has 5 nitrogen and oxygen atoms in total. The summed E-state index contributed by atoms with van der Waals surface area (Å²) >= 11 is 0. The van der Waals surface area contributed by atoms with Gasteiger partial charge in [-0.05, 0) is 24.5 Å². The second-order valence-electron chi connectivity index (χ2n) is 5.36. The molecule has 2 aromatic rings. The van der Waals surface area contributed by atoms with Crippen LogP contribution >= 0.6 is 0 Å². The first kappa shape index (κ1) is 18.1. The second kappa shape index (κ2) is 7.08. The number of aliphatic hydroxyl groups is 1. The Balaban J connectivity index is 2.20. The van der Waals surface area contributed by atoms with Crippen LogP contribution in [-0.4, -0.2) is 27.6 Å². The highest BCUT2D eigenvalue weighted by Crippen LogP contribution is 2.30. The van der Waals surface area contributed by atoms with Gasteiger partial charge in [0, 0.05) is 18.6 Å². The van der Waals surface area contributed by atoms with Gasteiger partial charge in [-0.3, -0.25) is 4.79 Å². The SMILES string of the molecule is CC(CCO)CC(=O)c1ccc(-c2noc(C(F)(F)F)n2)cc1F. The van der Waals surface area contributed by atoms with Crippen LogP contribution in [0.5, 0.6) is 0 Å². The molecule has 1 N–H and O–H groups in total. The molecule has 0 aliphatic heterocycles. The van der Waals surface area contributed by atoms with Crippen LogP contribution in [-0.2, 0) is 6.18 Å². The Morgan fingerprint density at radius 2 is 2.08 bits per heavy atom. The number of Topliss-reactive ketones (excluding diaryl/α,β-unsaturated/α-hetero) is 1. The summed E-state index contributed by atoms with van der Waals surface area (Å²) in [5.41, 5.74) is -0.213. The third-order valence-electron chi connectivity index (χ3n) is 3.35. The van der Waals surface area contributed by atoms with E-state index in [0.29, 0.717) is 6.42 Å². The second-order valence-corrected chi connectivity index (χ2v) is 5.36. The van der Waals surface area contributed by atoms with Gasteiger partial charge in [-0.2, -0.15) is 18.2 Å². The monoisotopic (exact) mass is 346 g/mol. The number of rotatable bonds is 6. The van der Waals surface area contributed by atoms with Gasteiger partial charge in [-0.25, -0.2) is 4.39 Å². The summed E-state index contributed by atoms with van der Waals surface area (Å²) in [6.45, 7) is 1.67. The van der Waals surface area contributed by atoms with Crippen LogP contribution in [0.1, 0.15) is 36.0 Å². The molecule has 1 atom stereocenters. The molecule has 9 heteroatoms. The topological polar surface area (TPSA) is 76.2 Å². The van der Waals surface area contributed by atoms with E-state index >= 15 is 0 Å². The number of aromatic nitrogens is 2. The zero-order valence-electron chi connectivity index (χ0n) is 12.6. The normalized spacial score (nSPS) is 13.1. The molecule has 2 rings (SSSR count). The first-order valence-electron chi connectivity index (χ1n) is 7.07. The lowest BCUT2D eigenvalue weighted by Crippen LogP contribution is -2.09. The molecule has 0 aliphatic rings. The molecule has 0 saturated heterocycles. The Morgan fingerprint density at radius 3 is 2.62 bits per heavy atom. The number of carbonyl (C=O) groups excluding carboxylic acids is 1. The number of carbonyl (C=O) groups is 1. The smallest absolute Gasteiger partial charge is 0.396 e. The molecule has 1 aromatic carbocycles. The number of aliphatic hydroxyl groups excluding tert-OH is 1. The van der Waals surface area contributed by atoms with Crippen molar-refractivity contribution in [2.24, 2.45) is 5.92 Å². The number of nitrogens with zero attached hydrogens (tertiary/aromatic N) is 2. The van der Waals surface area contributed by atoms with E-state index in [1.165, 1.54) is 12.1 Å². The minimum Gasteiger partial charge on any atom is -0.396 e. The van der Waals surface area contributed by atoms with E-state index in [4.69, 9.17) is 5.11 Å². The lowest BCUT2D eigenvalue weighted by atomic mass is 9.96. The standard InChI is InChI=1S/C15H14F4N2O3/c1-8(4-5-22)6-12(23)10-3-2-9(7-11(10)16)13-20-14(24-21-13)15(17,18)19/h2-3,7-8,22H,4-6H2,1H3. The van der Waals surface area contributed by atoms with Crippen molar-refractivity contribution in [3.05, 3.63) is 35.5 Å². The number of hydrogen-bond acceptors (Lipinski definition) is 5. The van der Waals surface area contributed by atoms with Crippen molar-refractivity contribution in [3.63, 3.8) is 0 Å². The molecular weight excluding hydrogens is 332 g/mol. The molecule has 1 aromatic heterocycles. The molecule has 0 radical (unpaired) electrons. The highest BCUT2D eigenvalue weighted by atomic mass is 19.4. The van der Waals surface area contributed by atoms with Crippen LogP contribution in [0.4, 0.5) is 17.6 Å². The van der Waals surface area contributed by atoms with Crippen molar-refractivity contribution in [2.75, 3.05) is 6.61 Å². The Labute approximate surface area is 134 Å². The van der Waals surface area contributed by atoms with Gasteiger partial charge >= 0.3 is 12.1 Å². The summed E-state index contributed by atoms with van der Waals surface area (Å²) in [4.78, 5) is 15.2. The van der Waals surface area contributed by atoms with Gasteiger partial charge in [0.2, 0.25) is 5.82 Å². The van der Waals surface area contributed by atoms with Crippen molar-refractivity contribution in [1.82, 2.24) is 10.1 Å². The molecule has 0 fully saturated rings. The highest BCUT2D eigenvalue weighted by Gasteiger charge is 2.38. The minimum absolute atomic E-state index is 0.0355. The van der Waals surface area contributed by atoms with Crippen molar-refractivity contribution >= 4 is 5.78 Å². The van der Waals surface area contributed by atoms with Gasteiger partial charge in [0.15, 0.2) is 5.78 Å². The van der Waals surface area contributed by atoms with Crippen LogP contribution in [0.3, 0.4) is 0 Å². The fourth-order valence-electron chi connectivity index (χ4n) is 2.09. The fourth-order valence-corrected chi connectivity index (χ4v) is 2.09. The lowest BCUT2D eigenvalue weighted by molar-refractivity contribution is -0.159. The maximum Gasteiger partial charge on any atom is 0.471 e. The average molecular weight is 346 g/mol. The number of halogens is 4. The molecule has 1 unspecified atom stereocenters. The van der Waals surface area contributed by atoms with E-state index in [0.717, 1.165) is 6.07 Å². The summed E-state index contributed by atoms with van der Waals surface area (Å²) in [6.07, 6.45) is -4.33. The van der Waals surface area contributed by atoms with Crippen LogP contribution in [0.2, 0.25) is 0 Å². The first-order valence-corrected chi connectivity index (χ1v) is 7.07. The number of alkyl halides is 3. The minimum atomic E-state index is -4.79. The van der Waals surface area contributed by atoms with Gasteiger partial charge in [-0.1, -0.05) is 18.1 Å². The first-order chi connectivity index (χ1) is 11.2. The van der Waals surface area contributed by atoms with Crippen molar-refractivity contribution < 1.29 is 32.0 Å². The molecule has 0 aliphatic carbocycles. The van der Waals surface area contributed by atoms with Gasteiger partial charge < -0.3 is 9.63 Å². The van der Waals surface area contributed by atoms with E-state index < -0.39 is 29.5 Å². The lowest BCUT2D eigenvalue weighted by Gasteiger charge is -2.09. The predicted octanol–water partition coefficient (Wildman–Crippen LogP) is 3.49. The quantitative estimate of drug-likeness (QED) is 0.640. The summed E-state index contributed by atoms with van der Waals surface area (Å²) in [5, 5.41) is 12.0. The molecular formula is C15H14F4N2O3. The Morgan fingerprint density at radius 1 is 1.38 bits per heavy atom. The molecule has 0 spiro atoms. The molecule has 130 valence electrons. The third kappa shape index (κ3) is 4.16. The summed E-state index contributed by atoms with van der Waals surface area (Å²) < 4.78 is 55.4. The molecule has 0 saturated carbocycles. The van der Waals surface area contributed by atoms with E-state index in [1.54, 1.807) is 6.92 Å². The van der Waals surface area contributed by atoms with Crippen LogP contribution in [0.25, 0.3) is 11.4 Å². The van der Waals surface area contributed by atoms with Gasteiger partial charge in [0.05, 0.1) is 5.56 Å². The van der Waals surface area contributed by atoms with E-state index in [9.17, 15) is 22.4 Å². The number of benzene rings is 1. The highest BCUT2D eigenvalue weighted by molar-refractivity contribution is 5.96. The van der Waals surface area contributed by atoms with Gasteiger partial charge in [-0.15, -0.1) is 0 Å².